The van der Waals surface area contributed by atoms with Gasteiger partial charge in [-0.3, -0.25) is 9.59 Å². The maximum absolute atomic E-state index is 13.5. The number of unbranched alkanes of at least 4 members (excludes halogenated alkanes) is 22. The fourth-order valence-corrected chi connectivity index (χ4v) is 10.3. The molecule has 1 fully saturated rings. The van der Waals surface area contributed by atoms with Gasteiger partial charge >= 0.3 is 5.97 Å². The van der Waals surface area contributed by atoms with Gasteiger partial charge in [-0.05, 0) is 128 Å². The summed E-state index contributed by atoms with van der Waals surface area (Å²) >= 11 is 0. The highest BCUT2D eigenvalue weighted by Crippen LogP contribution is 2.26. The maximum Gasteiger partial charge on any atom is 0.306 e. The Kier molecular flexibility index (Phi) is 60.5. The number of hydrogen-bond acceptors (Lipinski definition) is 10. The van der Waals surface area contributed by atoms with Crippen molar-refractivity contribution in [1.29, 1.82) is 0 Å². The van der Waals surface area contributed by atoms with Crippen molar-refractivity contribution in [2.24, 2.45) is 0 Å². The summed E-state index contributed by atoms with van der Waals surface area (Å²) in [5.74, 6) is -1.24. The summed E-state index contributed by atoms with van der Waals surface area (Å²) in [7, 11) is 0. The first-order chi connectivity index (χ1) is 44.7. The Labute approximate surface area is 555 Å². The van der Waals surface area contributed by atoms with Crippen molar-refractivity contribution in [3.05, 3.63) is 158 Å². The van der Waals surface area contributed by atoms with Gasteiger partial charge in [0.25, 0.3) is 0 Å². The van der Waals surface area contributed by atoms with Crippen LogP contribution in [0.3, 0.4) is 0 Å². The van der Waals surface area contributed by atoms with Gasteiger partial charge in [0, 0.05) is 6.42 Å². The quantitative estimate of drug-likeness (QED) is 0.0195. The topological polar surface area (TPSA) is 175 Å². The van der Waals surface area contributed by atoms with E-state index in [2.05, 4.69) is 172 Å². The zero-order valence-corrected chi connectivity index (χ0v) is 57.4. The van der Waals surface area contributed by atoms with Crippen molar-refractivity contribution >= 4 is 11.9 Å². The average molecular weight is 1270 g/mol. The lowest BCUT2D eigenvalue weighted by Crippen LogP contribution is -2.61. The van der Waals surface area contributed by atoms with Gasteiger partial charge < -0.3 is 45.1 Å². The molecule has 1 saturated heterocycles. The molecule has 0 aromatic heterocycles. The summed E-state index contributed by atoms with van der Waals surface area (Å²) in [4.78, 5) is 26.7. The second kappa shape index (κ2) is 65.3. The van der Waals surface area contributed by atoms with Crippen LogP contribution in [0.2, 0.25) is 0 Å². The Bertz CT molecular complexity index is 2090. The van der Waals surface area contributed by atoms with Crippen molar-refractivity contribution in [3.8, 4) is 0 Å². The zero-order valence-electron chi connectivity index (χ0n) is 57.4. The first-order valence-corrected chi connectivity index (χ1v) is 36.3. The lowest BCUT2D eigenvalue weighted by molar-refractivity contribution is -0.305. The van der Waals surface area contributed by atoms with E-state index in [1.807, 2.05) is 6.08 Å². The second-order valence-electron chi connectivity index (χ2n) is 24.2. The number of amides is 1. The number of ether oxygens (including phenoxy) is 3. The van der Waals surface area contributed by atoms with Crippen molar-refractivity contribution in [2.75, 3.05) is 13.2 Å². The molecule has 1 heterocycles. The molecular formula is C80H131NO10. The van der Waals surface area contributed by atoms with Gasteiger partial charge in [0.15, 0.2) is 12.4 Å². The molecule has 1 aliphatic rings. The molecule has 0 aliphatic carbocycles. The van der Waals surface area contributed by atoms with Crippen molar-refractivity contribution in [1.82, 2.24) is 5.32 Å². The molecule has 0 radical (unpaired) electrons. The third-order valence-corrected chi connectivity index (χ3v) is 15.9. The number of aliphatic hydroxyl groups excluding tert-OH is 5. The molecule has 0 saturated carbocycles. The van der Waals surface area contributed by atoms with Gasteiger partial charge in [-0.2, -0.15) is 0 Å². The van der Waals surface area contributed by atoms with E-state index in [0.29, 0.717) is 12.8 Å². The molecule has 0 bridgehead atoms. The molecule has 91 heavy (non-hydrogen) atoms. The summed E-state index contributed by atoms with van der Waals surface area (Å²) < 4.78 is 17.7. The van der Waals surface area contributed by atoms with E-state index in [-0.39, 0.29) is 19.4 Å². The van der Waals surface area contributed by atoms with Crippen LogP contribution in [0.5, 0.6) is 0 Å². The molecule has 6 N–H and O–H groups in total. The van der Waals surface area contributed by atoms with E-state index in [1.54, 1.807) is 6.08 Å². The number of allylic oxidation sites excluding steroid dienone is 25. The third kappa shape index (κ3) is 52.4. The van der Waals surface area contributed by atoms with E-state index in [4.69, 9.17) is 14.2 Å². The number of aliphatic hydroxyl groups is 5. The van der Waals surface area contributed by atoms with E-state index < -0.39 is 67.4 Å². The van der Waals surface area contributed by atoms with Crippen LogP contribution in [0, 0.1) is 0 Å². The highest BCUT2D eigenvalue weighted by molar-refractivity contribution is 5.80. The van der Waals surface area contributed by atoms with Gasteiger partial charge in [0.1, 0.15) is 24.4 Å². The first-order valence-electron chi connectivity index (χ1n) is 36.3. The van der Waals surface area contributed by atoms with Gasteiger partial charge in [0.05, 0.1) is 25.4 Å². The van der Waals surface area contributed by atoms with Crippen LogP contribution < -0.4 is 5.32 Å². The van der Waals surface area contributed by atoms with Gasteiger partial charge in [0.2, 0.25) is 5.91 Å². The molecule has 1 rings (SSSR count). The van der Waals surface area contributed by atoms with Crippen molar-refractivity contribution in [2.45, 2.75) is 320 Å². The molecule has 0 aromatic carbocycles. The molecular weight excluding hydrogens is 1130 g/mol. The highest BCUT2D eigenvalue weighted by atomic mass is 16.7. The second-order valence-corrected chi connectivity index (χ2v) is 24.2. The summed E-state index contributed by atoms with van der Waals surface area (Å²) in [6, 6.07) is -1.05. The monoisotopic (exact) mass is 1270 g/mol. The number of hydrogen-bond donors (Lipinski definition) is 6. The fourth-order valence-electron chi connectivity index (χ4n) is 10.3. The van der Waals surface area contributed by atoms with Crippen molar-refractivity contribution in [3.63, 3.8) is 0 Å². The number of carbonyl (C=O) groups excluding carboxylic acids is 2. The lowest BCUT2D eigenvalue weighted by atomic mass is 9.99. The van der Waals surface area contributed by atoms with Crippen LogP contribution in [0.25, 0.3) is 0 Å². The van der Waals surface area contributed by atoms with Gasteiger partial charge in [-0.25, -0.2) is 0 Å². The Morgan fingerprint density at radius 3 is 1.19 bits per heavy atom. The zero-order chi connectivity index (χ0) is 66.0. The van der Waals surface area contributed by atoms with Gasteiger partial charge in [-0.1, -0.05) is 294 Å². The molecule has 1 aliphatic heterocycles. The normalized spacial score (nSPS) is 19.0. The molecule has 516 valence electrons. The minimum Gasteiger partial charge on any atom is -0.454 e. The Hall–Kier alpha value is -4.72. The minimum absolute atomic E-state index is 0.0836. The highest BCUT2D eigenvalue weighted by Gasteiger charge is 2.47. The van der Waals surface area contributed by atoms with Gasteiger partial charge in [-0.15, -0.1) is 0 Å². The molecule has 11 heteroatoms. The van der Waals surface area contributed by atoms with Crippen LogP contribution in [0.1, 0.15) is 271 Å². The molecule has 0 aromatic rings. The fraction of sp³-hybridized carbons (Fsp3) is 0.650. The van der Waals surface area contributed by atoms with Crippen LogP contribution in [0.15, 0.2) is 158 Å². The third-order valence-electron chi connectivity index (χ3n) is 15.9. The van der Waals surface area contributed by atoms with E-state index >= 15 is 0 Å². The molecule has 0 spiro atoms. The smallest absolute Gasteiger partial charge is 0.306 e. The minimum atomic E-state index is -1.64. The van der Waals surface area contributed by atoms with E-state index in [1.165, 1.54) is 57.8 Å². The predicted octanol–water partition coefficient (Wildman–Crippen LogP) is 19.1. The van der Waals surface area contributed by atoms with Crippen LogP contribution in [0.4, 0.5) is 0 Å². The number of esters is 1. The first kappa shape index (κ1) is 84.3. The SMILES string of the molecule is CC/C=C\C/C=C\C/C=C\C/C=C\C/C=C\C/C=C\CCCCCCCCCC(O)C(=O)NC(COC1OC(CO)C(O)C(O)C1OC(=O)CCCCCC/C=C\C/C=C\C/C=C\C/C=C\C/C=C\C/C=C\CC)C(O)/C=C/CCCCCCCCCCCCC. The van der Waals surface area contributed by atoms with E-state index in [0.717, 1.165) is 167 Å². The van der Waals surface area contributed by atoms with Crippen LogP contribution >= 0.6 is 0 Å². The average Bonchev–Trinajstić information content (AvgIpc) is 0.969. The molecule has 1 amide bonds. The largest absolute Gasteiger partial charge is 0.454 e. The number of carbonyl (C=O) groups is 2. The standard InChI is InChI=1S/C80H131NO10/c1-4-7-10-13-16-19-22-25-27-29-31-33-35-36-37-39-40-42-44-46-49-52-55-58-61-64-67-73(84)79(88)81-71(72(83)66-63-60-57-54-51-48-24-21-18-15-12-9-6-3)70-89-80-78(77(87)76(86)74(69-82)90-80)91-75(85)68-65-62-59-56-53-50-47-45-43-41-38-34-32-30-28-26-23-20-17-14-11-8-5-2/h7-8,10-11,16-17,19-20,25-28,31-34,36-37,40-43,47,50,63,66,71-74,76-78,80,82-84,86-87H,4-6,9,12-15,18,21-24,29-30,35,38-39,44-46,48-49,51-62,64-65,67-70H2,1-3H3,(H,81,88)/b10-7-,11-8-,19-16-,20-17-,27-25-,28-26-,33-31-,34-32-,37-36-,42-40-,43-41-,50-47-,66-63+. The summed E-state index contributed by atoms with van der Waals surface area (Å²) in [5, 5.41) is 57.3. The van der Waals surface area contributed by atoms with Crippen LogP contribution in [-0.2, 0) is 23.8 Å². The van der Waals surface area contributed by atoms with Crippen molar-refractivity contribution < 1.29 is 49.3 Å². The number of nitrogens with one attached hydrogen (secondary N) is 1. The molecule has 11 nitrogen and oxygen atoms in total. The molecule has 8 unspecified atom stereocenters. The molecule has 8 atom stereocenters. The Balaban J connectivity index is 2.63. The summed E-state index contributed by atoms with van der Waals surface area (Å²) in [6.45, 7) is 5.55. The van der Waals surface area contributed by atoms with E-state index in [9.17, 15) is 35.1 Å². The summed E-state index contributed by atoms with van der Waals surface area (Å²) in [5.41, 5.74) is 0. The Morgan fingerprint density at radius 1 is 0.440 bits per heavy atom. The maximum atomic E-state index is 13.5. The summed E-state index contributed by atoms with van der Waals surface area (Å²) in [6.07, 6.45) is 85.5. The van der Waals surface area contributed by atoms with Crippen LogP contribution in [-0.4, -0.2) is 99.6 Å². The Morgan fingerprint density at radius 2 is 0.791 bits per heavy atom. The lowest BCUT2D eigenvalue weighted by Gasteiger charge is -2.41. The predicted molar refractivity (Wildman–Crippen MR) is 383 cm³/mol. The number of rotatable bonds is 60.